The van der Waals surface area contributed by atoms with Crippen molar-refractivity contribution in [3.05, 3.63) is 24.3 Å². The van der Waals surface area contributed by atoms with Crippen LogP contribution in [-0.4, -0.2) is 24.1 Å². The first-order valence-corrected chi connectivity index (χ1v) is 8.45. The van der Waals surface area contributed by atoms with E-state index in [0.29, 0.717) is 12.0 Å². The van der Waals surface area contributed by atoms with Gasteiger partial charge in [0.15, 0.2) is 5.17 Å². The van der Waals surface area contributed by atoms with Crippen molar-refractivity contribution in [3.63, 3.8) is 0 Å². The second kappa shape index (κ2) is 6.08. The summed E-state index contributed by atoms with van der Waals surface area (Å²) in [5.74, 6) is 2.12. The van der Waals surface area contributed by atoms with E-state index in [2.05, 4.69) is 11.4 Å². The fraction of sp³-hybridized carbons (Fsp3) is 0.562. The molecule has 1 heterocycles. The van der Waals surface area contributed by atoms with Gasteiger partial charge in [0.1, 0.15) is 5.75 Å². The summed E-state index contributed by atoms with van der Waals surface area (Å²) in [4.78, 5) is 4.76. The molecule has 20 heavy (non-hydrogen) atoms. The van der Waals surface area contributed by atoms with Gasteiger partial charge in [0.05, 0.1) is 6.61 Å². The Bertz CT molecular complexity index is 495. The molecule has 1 aromatic carbocycles. The smallest absolute Gasteiger partial charge is 0.161 e. The predicted molar refractivity (Wildman–Crippen MR) is 86.9 cm³/mol. The highest BCUT2D eigenvalue weighted by Crippen LogP contribution is 2.43. The van der Waals surface area contributed by atoms with Crippen molar-refractivity contribution in [2.45, 2.75) is 32.6 Å². The fourth-order valence-corrected chi connectivity index (χ4v) is 4.18. The predicted octanol–water partition coefficient (Wildman–Crippen LogP) is 4.16. The summed E-state index contributed by atoms with van der Waals surface area (Å²) in [6.07, 6.45) is 5.48. The molecule has 0 atom stereocenters. The molecule has 0 radical (unpaired) electrons. The number of thioether (sulfide) groups is 1. The molecule has 0 saturated heterocycles. The van der Waals surface area contributed by atoms with Gasteiger partial charge >= 0.3 is 0 Å². The molecule has 108 valence electrons. The summed E-state index contributed by atoms with van der Waals surface area (Å²) in [5, 5.41) is 4.47. The summed E-state index contributed by atoms with van der Waals surface area (Å²) >= 11 is 1.87. The number of hydrogen-bond donors (Lipinski definition) is 1. The first-order valence-electron chi connectivity index (χ1n) is 7.47. The van der Waals surface area contributed by atoms with E-state index < -0.39 is 0 Å². The van der Waals surface area contributed by atoms with Crippen LogP contribution in [0.15, 0.2) is 29.3 Å². The zero-order chi connectivity index (χ0) is 13.8. The van der Waals surface area contributed by atoms with Crippen molar-refractivity contribution in [3.8, 4) is 5.75 Å². The summed E-state index contributed by atoms with van der Waals surface area (Å²) in [5.41, 5.74) is 1.56. The molecule has 1 saturated carbocycles. The molecule has 2 aliphatic rings. The van der Waals surface area contributed by atoms with Gasteiger partial charge in [-0.25, -0.2) is 0 Å². The molecule has 0 aromatic heterocycles. The molecule has 1 aliphatic heterocycles. The quantitative estimate of drug-likeness (QED) is 0.907. The second-order valence-corrected chi connectivity index (χ2v) is 6.67. The van der Waals surface area contributed by atoms with Gasteiger partial charge in [-0.3, -0.25) is 4.99 Å². The monoisotopic (exact) mass is 290 g/mol. The van der Waals surface area contributed by atoms with Crippen LogP contribution in [0.25, 0.3) is 0 Å². The van der Waals surface area contributed by atoms with Gasteiger partial charge in [-0.2, -0.15) is 0 Å². The van der Waals surface area contributed by atoms with Crippen LogP contribution in [0.4, 0.5) is 5.69 Å². The number of benzene rings is 1. The number of nitrogens with zero attached hydrogens (tertiary/aromatic N) is 1. The van der Waals surface area contributed by atoms with Crippen molar-refractivity contribution in [2.75, 3.05) is 24.2 Å². The van der Waals surface area contributed by atoms with E-state index >= 15 is 0 Å². The first-order chi connectivity index (χ1) is 9.80. The first kappa shape index (κ1) is 13.8. The summed E-state index contributed by atoms with van der Waals surface area (Å²) in [6, 6.07) is 8.09. The standard InChI is InChI=1S/C16H22N2OS/c1-2-19-14-7-5-6-13(10-14)18-15-17-11-16(12-20-15)8-3-4-9-16/h5-7,10H,2-4,8-9,11-12H2,1H3,(H,17,18). The van der Waals surface area contributed by atoms with Crippen molar-refractivity contribution >= 4 is 22.6 Å². The molecule has 0 amide bonds. The third-order valence-corrected chi connectivity index (χ3v) is 5.39. The van der Waals surface area contributed by atoms with E-state index in [0.717, 1.165) is 23.1 Å². The molecular formula is C16H22N2OS. The number of amidine groups is 1. The number of hydrogen-bond acceptors (Lipinski definition) is 4. The molecule has 3 nitrogen and oxygen atoms in total. The third-order valence-electron chi connectivity index (χ3n) is 4.13. The molecule has 1 aliphatic carbocycles. The summed E-state index contributed by atoms with van der Waals surface area (Å²) < 4.78 is 5.53. The molecule has 1 spiro atoms. The van der Waals surface area contributed by atoms with Crippen molar-refractivity contribution in [2.24, 2.45) is 10.4 Å². The number of nitrogens with one attached hydrogen (secondary N) is 1. The zero-order valence-electron chi connectivity index (χ0n) is 12.0. The number of ether oxygens (including phenoxy) is 1. The Morgan fingerprint density at radius 1 is 1.35 bits per heavy atom. The van der Waals surface area contributed by atoms with Gasteiger partial charge in [-0.15, -0.1) is 0 Å². The lowest BCUT2D eigenvalue weighted by atomic mass is 9.89. The fourth-order valence-electron chi connectivity index (χ4n) is 3.01. The highest BCUT2D eigenvalue weighted by molar-refractivity contribution is 8.14. The van der Waals surface area contributed by atoms with E-state index in [1.165, 1.54) is 31.4 Å². The molecular weight excluding hydrogens is 268 g/mol. The lowest BCUT2D eigenvalue weighted by Gasteiger charge is -2.31. The summed E-state index contributed by atoms with van der Waals surface area (Å²) in [7, 11) is 0. The van der Waals surface area contributed by atoms with E-state index in [1.807, 2.05) is 36.9 Å². The van der Waals surface area contributed by atoms with Crippen LogP contribution in [0.1, 0.15) is 32.6 Å². The second-order valence-electron chi connectivity index (χ2n) is 5.70. The Labute approximate surface area is 125 Å². The van der Waals surface area contributed by atoms with E-state index in [9.17, 15) is 0 Å². The third kappa shape index (κ3) is 3.11. The Hall–Kier alpha value is -1.16. The molecule has 3 rings (SSSR count). The maximum atomic E-state index is 5.53. The highest BCUT2D eigenvalue weighted by atomic mass is 32.2. The zero-order valence-corrected chi connectivity index (χ0v) is 12.8. The molecule has 0 unspecified atom stereocenters. The van der Waals surface area contributed by atoms with Gasteiger partial charge in [-0.05, 0) is 37.3 Å². The van der Waals surface area contributed by atoms with Crippen LogP contribution in [0.3, 0.4) is 0 Å². The lowest BCUT2D eigenvalue weighted by molar-refractivity contribution is 0.340. The number of rotatable bonds is 3. The van der Waals surface area contributed by atoms with Crippen molar-refractivity contribution < 1.29 is 4.74 Å². The minimum absolute atomic E-state index is 0.503. The molecule has 1 fully saturated rings. The number of anilines is 1. The molecule has 1 aromatic rings. The van der Waals surface area contributed by atoms with Gasteiger partial charge in [-0.1, -0.05) is 30.7 Å². The summed E-state index contributed by atoms with van der Waals surface area (Å²) in [6.45, 7) is 3.69. The van der Waals surface area contributed by atoms with Gasteiger partial charge in [0.2, 0.25) is 0 Å². The normalized spacial score (nSPS) is 20.8. The maximum Gasteiger partial charge on any atom is 0.161 e. The van der Waals surface area contributed by atoms with Crippen molar-refractivity contribution in [1.29, 1.82) is 0 Å². The van der Waals surface area contributed by atoms with Gasteiger partial charge in [0, 0.05) is 24.1 Å². The Morgan fingerprint density at radius 2 is 2.20 bits per heavy atom. The maximum absolute atomic E-state index is 5.53. The van der Waals surface area contributed by atoms with Crippen LogP contribution < -0.4 is 10.1 Å². The Balaban J connectivity index is 1.63. The van der Waals surface area contributed by atoms with E-state index in [4.69, 9.17) is 9.73 Å². The Kier molecular flexibility index (Phi) is 4.20. The number of aliphatic imine (C=N–C) groups is 1. The van der Waals surface area contributed by atoms with Crippen LogP contribution in [0.5, 0.6) is 5.75 Å². The highest BCUT2D eigenvalue weighted by Gasteiger charge is 2.36. The average molecular weight is 290 g/mol. The Morgan fingerprint density at radius 3 is 2.90 bits per heavy atom. The van der Waals surface area contributed by atoms with Crippen molar-refractivity contribution in [1.82, 2.24) is 0 Å². The largest absolute Gasteiger partial charge is 0.494 e. The van der Waals surface area contributed by atoms with Gasteiger partial charge in [0.25, 0.3) is 0 Å². The minimum Gasteiger partial charge on any atom is -0.494 e. The lowest BCUT2D eigenvalue weighted by Crippen LogP contribution is -2.30. The molecule has 4 heteroatoms. The van der Waals surface area contributed by atoms with Crippen LogP contribution in [-0.2, 0) is 0 Å². The SMILES string of the molecule is CCOc1cccc(NC2=NCC3(CCCC3)CS2)c1. The van der Waals surface area contributed by atoms with Gasteiger partial charge < -0.3 is 10.1 Å². The average Bonchev–Trinajstić information content (AvgIpc) is 2.91. The minimum atomic E-state index is 0.503. The van der Waals surface area contributed by atoms with Crippen LogP contribution >= 0.6 is 11.8 Å². The molecule has 0 bridgehead atoms. The topological polar surface area (TPSA) is 33.6 Å². The van der Waals surface area contributed by atoms with E-state index in [1.54, 1.807) is 0 Å². The molecule has 1 N–H and O–H groups in total. The van der Waals surface area contributed by atoms with E-state index in [-0.39, 0.29) is 0 Å². The van der Waals surface area contributed by atoms with Crippen LogP contribution in [0.2, 0.25) is 0 Å². The van der Waals surface area contributed by atoms with Crippen LogP contribution in [0, 0.1) is 5.41 Å².